The van der Waals surface area contributed by atoms with Crippen molar-refractivity contribution in [3.63, 3.8) is 0 Å². The van der Waals surface area contributed by atoms with Crippen molar-refractivity contribution in [2.75, 3.05) is 19.0 Å². The second kappa shape index (κ2) is 9.17. The lowest BCUT2D eigenvalue weighted by molar-refractivity contribution is -0.0418. The van der Waals surface area contributed by atoms with Gasteiger partial charge in [-0.3, -0.25) is 4.98 Å². The molecule has 0 aliphatic carbocycles. The molecule has 170 valence electrons. The second-order valence-corrected chi connectivity index (χ2v) is 10.8. The molecule has 1 N–H and O–H groups in total. The predicted molar refractivity (Wildman–Crippen MR) is 123 cm³/mol. The maximum atomic E-state index is 12.9. The minimum atomic E-state index is -3.62. The molecule has 4 rings (SSSR count). The van der Waals surface area contributed by atoms with Gasteiger partial charge in [0.25, 0.3) is 0 Å². The SMILES string of the molecule is Cc1cc(COc2ccc(S(=O)(=O)CC(O)C3(C)CCOCC3)cc2)c2ccccc2n1. The first-order valence-electron chi connectivity index (χ1n) is 10.8. The highest BCUT2D eigenvalue weighted by atomic mass is 32.2. The molecule has 0 amide bonds. The van der Waals surface area contributed by atoms with Crippen molar-refractivity contribution in [3.05, 3.63) is 65.9 Å². The van der Waals surface area contributed by atoms with Crippen molar-refractivity contribution in [2.24, 2.45) is 5.41 Å². The number of fused-ring (bicyclic) bond motifs is 1. The number of hydrogen-bond acceptors (Lipinski definition) is 6. The summed E-state index contributed by atoms with van der Waals surface area (Å²) in [6.45, 7) is 5.33. The summed E-state index contributed by atoms with van der Waals surface area (Å²) in [6.07, 6.45) is 0.370. The number of ether oxygens (including phenoxy) is 2. The molecule has 1 aromatic heterocycles. The van der Waals surface area contributed by atoms with Gasteiger partial charge in [-0.1, -0.05) is 25.1 Å². The van der Waals surface area contributed by atoms with E-state index in [4.69, 9.17) is 9.47 Å². The third kappa shape index (κ3) is 4.95. The first kappa shape index (κ1) is 22.7. The average molecular weight is 456 g/mol. The van der Waals surface area contributed by atoms with E-state index in [0.717, 1.165) is 22.2 Å². The fourth-order valence-electron chi connectivity index (χ4n) is 4.09. The molecule has 1 saturated heterocycles. The average Bonchev–Trinajstić information content (AvgIpc) is 2.78. The monoisotopic (exact) mass is 455 g/mol. The Bertz CT molecular complexity index is 1180. The van der Waals surface area contributed by atoms with Gasteiger partial charge in [0.05, 0.1) is 22.3 Å². The third-order valence-corrected chi connectivity index (χ3v) is 8.07. The molecule has 1 aliphatic rings. The Morgan fingerprint density at radius 3 is 2.53 bits per heavy atom. The van der Waals surface area contributed by atoms with Crippen LogP contribution in [0.4, 0.5) is 0 Å². The van der Waals surface area contributed by atoms with E-state index in [1.165, 1.54) is 0 Å². The lowest BCUT2D eigenvalue weighted by Crippen LogP contribution is -2.41. The quantitative estimate of drug-likeness (QED) is 0.578. The third-order valence-electron chi connectivity index (χ3n) is 6.32. The van der Waals surface area contributed by atoms with E-state index in [0.29, 0.717) is 38.4 Å². The van der Waals surface area contributed by atoms with Crippen LogP contribution < -0.4 is 4.74 Å². The van der Waals surface area contributed by atoms with Crippen LogP contribution in [0.3, 0.4) is 0 Å². The first-order valence-corrected chi connectivity index (χ1v) is 12.5. The topological polar surface area (TPSA) is 85.7 Å². The largest absolute Gasteiger partial charge is 0.489 e. The molecule has 6 nitrogen and oxygen atoms in total. The Balaban J connectivity index is 1.44. The first-order chi connectivity index (χ1) is 15.3. The molecule has 0 bridgehead atoms. The lowest BCUT2D eigenvalue weighted by Gasteiger charge is -2.37. The zero-order valence-corrected chi connectivity index (χ0v) is 19.3. The van der Waals surface area contributed by atoms with Gasteiger partial charge in [0.2, 0.25) is 0 Å². The molecule has 0 radical (unpaired) electrons. The molecule has 1 fully saturated rings. The van der Waals surface area contributed by atoms with Crippen LogP contribution in [0.25, 0.3) is 10.9 Å². The van der Waals surface area contributed by atoms with Gasteiger partial charge >= 0.3 is 0 Å². The van der Waals surface area contributed by atoms with Crippen LogP contribution in [-0.4, -0.2) is 43.6 Å². The molecule has 0 saturated carbocycles. The molecular weight excluding hydrogens is 426 g/mol. The molecule has 0 spiro atoms. The highest BCUT2D eigenvalue weighted by Crippen LogP contribution is 2.35. The maximum Gasteiger partial charge on any atom is 0.180 e. The van der Waals surface area contributed by atoms with Gasteiger partial charge in [-0.2, -0.15) is 0 Å². The summed E-state index contributed by atoms with van der Waals surface area (Å²) in [6, 6.07) is 16.3. The van der Waals surface area contributed by atoms with E-state index in [1.807, 2.05) is 44.2 Å². The smallest absolute Gasteiger partial charge is 0.180 e. The Morgan fingerprint density at radius 2 is 1.81 bits per heavy atom. The Kier molecular flexibility index (Phi) is 6.51. The van der Waals surface area contributed by atoms with Gasteiger partial charge in [-0.05, 0) is 61.6 Å². The molecule has 3 aromatic rings. The molecule has 1 atom stereocenters. The normalized spacial score (nSPS) is 17.2. The van der Waals surface area contributed by atoms with Crippen molar-refractivity contribution < 1.29 is 23.0 Å². The Hall–Kier alpha value is -2.48. The molecule has 2 aromatic carbocycles. The number of sulfone groups is 1. The Morgan fingerprint density at radius 1 is 1.12 bits per heavy atom. The van der Waals surface area contributed by atoms with E-state index in [2.05, 4.69) is 4.98 Å². The van der Waals surface area contributed by atoms with Gasteiger partial charge in [0.1, 0.15) is 12.4 Å². The summed E-state index contributed by atoms with van der Waals surface area (Å²) in [5, 5.41) is 11.7. The van der Waals surface area contributed by atoms with E-state index < -0.39 is 21.4 Å². The van der Waals surface area contributed by atoms with Crippen LogP contribution in [-0.2, 0) is 21.2 Å². The zero-order chi connectivity index (χ0) is 22.8. The van der Waals surface area contributed by atoms with Gasteiger partial charge in [-0.25, -0.2) is 8.42 Å². The van der Waals surface area contributed by atoms with Gasteiger partial charge in [0.15, 0.2) is 9.84 Å². The molecule has 7 heteroatoms. The van der Waals surface area contributed by atoms with Crippen molar-refractivity contribution in [1.29, 1.82) is 0 Å². The minimum Gasteiger partial charge on any atom is -0.489 e. The molecule has 2 heterocycles. The van der Waals surface area contributed by atoms with E-state index in [-0.39, 0.29) is 10.6 Å². The van der Waals surface area contributed by atoms with Crippen LogP contribution in [0.2, 0.25) is 0 Å². The van der Waals surface area contributed by atoms with Gasteiger partial charge in [-0.15, -0.1) is 0 Å². The van der Waals surface area contributed by atoms with Crippen LogP contribution in [0.15, 0.2) is 59.5 Å². The van der Waals surface area contributed by atoms with Crippen molar-refractivity contribution in [2.45, 2.75) is 44.3 Å². The highest BCUT2D eigenvalue weighted by molar-refractivity contribution is 7.91. The summed E-state index contributed by atoms with van der Waals surface area (Å²) < 4.78 is 37.0. The standard InChI is InChI=1S/C25H29NO5S/c1-18-15-19(22-5-3-4-6-23(22)26-18)16-31-20-7-9-21(10-8-20)32(28,29)17-24(27)25(2)11-13-30-14-12-25/h3-10,15,24,27H,11-14,16-17H2,1-2H3. The summed E-state index contributed by atoms with van der Waals surface area (Å²) >= 11 is 0. The van der Waals surface area contributed by atoms with Crippen molar-refractivity contribution >= 4 is 20.7 Å². The fraction of sp³-hybridized carbons (Fsp3) is 0.400. The van der Waals surface area contributed by atoms with E-state index in [1.54, 1.807) is 24.3 Å². The molecule has 32 heavy (non-hydrogen) atoms. The number of rotatable bonds is 7. The summed E-state index contributed by atoms with van der Waals surface area (Å²) in [7, 11) is -3.62. The van der Waals surface area contributed by atoms with Crippen LogP contribution in [0, 0.1) is 12.3 Å². The van der Waals surface area contributed by atoms with E-state index in [9.17, 15) is 13.5 Å². The second-order valence-electron chi connectivity index (χ2n) is 8.76. The summed E-state index contributed by atoms with van der Waals surface area (Å²) in [4.78, 5) is 4.73. The Labute approximate surface area is 189 Å². The number of pyridine rings is 1. The van der Waals surface area contributed by atoms with Crippen molar-refractivity contribution in [1.82, 2.24) is 4.98 Å². The van der Waals surface area contributed by atoms with Crippen LogP contribution in [0.5, 0.6) is 5.75 Å². The minimum absolute atomic E-state index is 0.185. The van der Waals surface area contributed by atoms with Gasteiger partial charge < -0.3 is 14.6 Å². The van der Waals surface area contributed by atoms with Crippen LogP contribution in [0.1, 0.15) is 31.0 Å². The molecule has 1 unspecified atom stereocenters. The zero-order valence-electron chi connectivity index (χ0n) is 18.5. The number of aromatic nitrogens is 1. The molecular formula is C25H29NO5S. The number of benzene rings is 2. The highest BCUT2D eigenvalue weighted by Gasteiger charge is 2.37. The van der Waals surface area contributed by atoms with Gasteiger partial charge in [0, 0.05) is 29.9 Å². The number of aryl methyl sites for hydroxylation is 1. The fourth-order valence-corrected chi connectivity index (χ4v) is 5.66. The van der Waals surface area contributed by atoms with E-state index >= 15 is 0 Å². The summed E-state index contributed by atoms with van der Waals surface area (Å²) in [5.74, 6) is 0.283. The lowest BCUT2D eigenvalue weighted by atomic mass is 9.78. The number of aliphatic hydroxyl groups is 1. The predicted octanol–water partition coefficient (Wildman–Crippen LogP) is 4.07. The van der Waals surface area contributed by atoms with Crippen molar-refractivity contribution in [3.8, 4) is 5.75 Å². The maximum absolute atomic E-state index is 12.9. The number of aliphatic hydroxyl groups excluding tert-OH is 1. The van der Waals surface area contributed by atoms with Crippen LogP contribution >= 0.6 is 0 Å². The number of nitrogens with zero attached hydrogens (tertiary/aromatic N) is 1. The number of para-hydroxylation sites is 1. The molecule has 1 aliphatic heterocycles. The summed E-state index contributed by atoms with van der Waals surface area (Å²) in [5.41, 5.74) is 2.42. The number of hydrogen-bond donors (Lipinski definition) is 1.